The molecular formula is C68H118N8O16S. The molecule has 0 aliphatic heterocycles. The Hall–Kier alpha value is -5.70. The van der Waals surface area contributed by atoms with Crippen LogP contribution in [0.25, 0.3) is 0 Å². The summed E-state index contributed by atoms with van der Waals surface area (Å²) in [5.74, 6) is -3.44. The number of ketones is 4. The van der Waals surface area contributed by atoms with Crippen molar-refractivity contribution in [2.45, 2.75) is 237 Å². The van der Waals surface area contributed by atoms with Gasteiger partial charge in [0.1, 0.15) is 23.4 Å². The van der Waals surface area contributed by atoms with Crippen LogP contribution in [0.4, 0.5) is 0 Å². The van der Waals surface area contributed by atoms with Crippen LogP contribution in [-0.2, 0) is 69.1 Å². The molecule has 12 N–H and O–H groups in total. The van der Waals surface area contributed by atoms with Gasteiger partial charge in [0.05, 0.1) is 63.2 Å². The minimum Gasteiger partial charge on any atom is -0.508 e. The van der Waals surface area contributed by atoms with Gasteiger partial charge in [-0.25, -0.2) is 4.79 Å². The first-order chi connectivity index (χ1) is 44.4. The fourth-order valence-electron chi connectivity index (χ4n) is 10.6. The quantitative estimate of drug-likeness (QED) is 0.0128. The van der Waals surface area contributed by atoms with Crippen LogP contribution in [-0.4, -0.2) is 177 Å². The van der Waals surface area contributed by atoms with Gasteiger partial charge in [-0.1, -0.05) is 110 Å². The van der Waals surface area contributed by atoms with Crippen molar-refractivity contribution in [1.82, 2.24) is 26.2 Å². The highest BCUT2D eigenvalue weighted by molar-refractivity contribution is 7.85. The second kappa shape index (κ2) is 53.5. The number of amidine groups is 1. The van der Waals surface area contributed by atoms with Crippen molar-refractivity contribution in [2.75, 3.05) is 78.6 Å². The lowest BCUT2D eigenvalue weighted by atomic mass is 9.89. The van der Waals surface area contributed by atoms with Gasteiger partial charge in [-0.2, -0.15) is 8.42 Å². The Balaban J connectivity index is 2.25. The van der Waals surface area contributed by atoms with Crippen LogP contribution in [0.2, 0.25) is 0 Å². The van der Waals surface area contributed by atoms with Gasteiger partial charge >= 0.3 is 5.97 Å². The number of phenolic OH excluding ortho intramolecular Hbond substituents is 1. The highest BCUT2D eigenvalue weighted by Crippen LogP contribution is 2.21. The first-order valence-electron chi connectivity index (χ1n) is 34.2. The normalized spacial score (nSPS) is 12.9. The highest BCUT2D eigenvalue weighted by atomic mass is 32.2. The molecule has 1 aromatic rings. The fraction of sp³-hybridized carbons (Fsp3) is 0.750. The number of ether oxygens (including phenoxy) is 3. The largest absolute Gasteiger partial charge is 0.508 e. The predicted octanol–water partition coefficient (Wildman–Crippen LogP) is 7.98. The molecule has 24 nitrogen and oxygen atoms in total. The van der Waals surface area contributed by atoms with Gasteiger partial charge in [-0.15, -0.1) is 0 Å². The number of carbonyl (C=O) groups excluding carboxylic acids is 7. The first kappa shape index (κ1) is 85.3. The summed E-state index contributed by atoms with van der Waals surface area (Å²) in [6.07, 6.45) is 20.4. The number of aliphatic carboxylic acids is 1. The summed E-state index contributed by atoms with van der Waals surface area (Å²) in [6.45, 7) is 10.9. The lowest BCUT2D eigenvalue weighted by Gasteiger charge is -2.29. The molecule has 532 valence electrons. The predicted molar refractivity (Wildman–Crippen MR) is 361 cm³/mol. The van der Waals surface area contributed by atoms with Crippen LogP contribution in [0.3, 0.4) is 0 Å². The number of rotatable bonds is 65. The van der Waals surface area contributed by atoms with E-state index in [0.29, 0.717) is 148 Å². The molecule has 4 atom stereocenters. The number of carboxylic acids is 1. The summed E-state index contributed by atoms with van der Waals surface area (Å²) < 4.78 is 47.1. The number of carboxylic acid groups (broad SMARTS) is 1. The Morgan fingerprint density at radius 1 is 0.591 bits per heavy atom. The van der Waals surface area contributed by atoms with Crippen LogP contribution in [0.1, 0.15) is 218 Å². The molecule has 0 aromatic heterocycles. The number of allylic oxidation sites excluding steroid dienone is 1. The Bertz CT molecular complexity index is 2430. The molecule has 0 bridgehead atoms. The van der Waals surface area contributed by atoms with Crippen molar-refractivity contribution < 1.29 is 75.8 Å². The van der Waals surface area contributed by atoms with Crippen LogP contribution in [0.15, 0.2) is 36.5 Å². The number of hydrogen-bond acceptors (Lipinski definition) is 18. The average Bonchev–Trinajstić information content (AvgIpc) is 1.15. The number of Topliss-reactive ketones (excluding diaryl/α,β-unsaturated/α-hetero) is 4. The van der Waals surface area contributed by atoms with Gasteiger partial charge in [-0.05, 0) is 114 Å². The maximum atomic E-state index is 14.0. The molecule has 0 aliphatic carbocycles. The number of amides is 3. The third-order valence-corrected chi connectivity index (χ3v) is 16.7. The van der Waals surface area contributed by atoms with E-state index in [4.69, 9.17) is 35.6 Å². The molecule has 0 aliphatic rings. The number of unbranched alkanes of at least 4 members (excludes halogenated alkanes) is 15. The van der Waals surface area contributed by atoms with E-state index in [-0.39, 0.29) is 110 Å². The van der Waals surface area contributed by atoms with Crippen molar-refractivity contribution in [3.8, 4) is 5.75 Å². The molecule has 0 saturated carbocycles. The average molecular weight is 1340 g/mol. The molecule has 0 radical (unpaired) electrons. The summed E-state index contributed by atoms with van der Waals surface area (Å²) >= 11 is 0. The lowest BCUT2D eigenvalue weighted by molar-refractivity contribution is -0.139. The maximum Gasteiger partial charge on any atom is 0.326 e. The summed E-state index contributed by atoms with van der Waals surface area (Å²) in [6, 6.07) is 3.95. The summed E-state index contributed by atoms with van der Waals surface area (Å²) in [5.41, 5.74) is 12.7. The smallest absolute Gasteiger partial charge is 0.326 e. The number of nitrogens with two attached hydrogens (primary N) is 2. The number of hydrogen-bond donors (Lipinski definition) is 10. The van der Waals surface area contributed by atoms with Crippen molar-refractivity contribution >= 4 is 62.8 Å². The second-order valence-corrected chi connectivity index (χ2v) is 26.6. The molecule has 0 fully saturated rings. The summed E-state index contributed by atoms with van der Waals surface area (Å²) in [7, 11) is -2.17. The van der Waals surface area contributed by atoms with E-state index in [0.717, 1.165) is 56.9 Å². The summed E-state index contributed by atoms with van der Waals surface area (Å²) in [4.78, 5) is 104. The molecule has 0 heterocycles. The molecule has 93 heavy (non-hydrogen) atoms. The number of benzene rings is 1. The number of likely N-dealkylation sites (N-methyl/N-ethyl adjacent to an activating group) is 1. The van der Waals surface area contributed by atoms with Crippen LogP contribution in [0.5, 0.6) is 5.75 Å². The van der Waals surface area contributed by atoms with Crippen LogP contribution >= 0.6 is 0 Å². The number of nitrogens with zero attached hydrogens (tertiary/aromatic N) is 1. The topological polar surface area (TPSA) is 386 Å². The van der Waals surface area contributed by atoms with E-state index < -0.39 is 46.0 Å². The zero-order chi connectivity index (χ0) is 69.1. The van der Waals surface area contributed by atoms with Crippen molar-refractivity contribution in [1.29, 1.82) is 5.41 Å². The van der Waals surface area contributed by atoms with Crippen LogP contribution < -0.4 is 32.7 Å². The Morgan fingerprint density at radius 2 is 1.12 bits per heavy atom. The minimum atomic E-state index is -3.85. The molecule has 25 heteroatoms. The number of carbonyl (C=O) groups is 8. The zero-order valence-electron chi connectivity index (χ0n) is 56.5. The molecule has 0 spiro atoms. The lowest BCUT2D eigenvalue weighted by Crippen LogP contribution is -2.48. The molecule has 3 amide bonds. The summed E-state index contributed by atoms with van der Waals surface area (Å²) in [5, 5.41) is 38.8. The number of primary amides is 1. The third-order valence-electron chi connectivity index (χ3n) is 15.9. The number of phenols is 1. The zero-order valence-corrected chi connectivity index (χ0v) is 57.3. The molecular weight excluding hydrogens is 1220 g/mol. The van der Waals surface area contributed by atoms with Gasteiger partial charge in [0.25, 0.3) is 10.1 Å². The molecule has 1 aromatic carbocycles. The van der Waals surface area contributed by atoms with E-state index in [1.165, 1.54) is 37.8 Å². The standard InChI is InChI=1S/C68H118N8O16S/c1-52(2)47-58(79)50-74-59(63(81)51-76(4)61(28-17-18-29-64(69)70)62(80)49-55(67(71)84)48-54-30-32-57(78)33-31-54)27-19-21-38-72-65(82)36-34-56(77)26-20-22-40-90-42-44-92-45-43-91-41-24-39-73-66(83)37-35-60(68(85)86)75-53(3)25-16-14-12-10-8-6-5-7-9-11-13-15-23-46-93(87,88)89/h30-33,52,55,59-61,74-75,78H,3,5-29,34-51H2,1-2,4H3,(H3,69,70)(H2,71,84)(H,72,82)(H,73,83)(H,85,86)(H,87,88,89)/t55-,59+,60+,61+/m1/s1. The minimum absolute atomic E-state index is 0.00564. The van der Waals surface area contributed by atoms with E-state index >= 15 is 0 Å². The maximum absolute atomic E-state index is 14.0. The van der Waals surface area contributed by atoms with E-state index in [9.17, 15) is 57.0 Å². The second-order valence-electron chi connectivity index (χ2n) is 25.1. The number of aromatic hydroxyl groups is 1. The Morgan fingerprint density at radius 3 is 1.69 bits per heavy atom. The third kappa shape index (κ3) is 49.5. The van der Waals surface area contributed by atoms with E-state index in [2.05, 4.69) is 27.8 Å². The van der Waals surface area contributed by atoms with E-state index in [1.54, 1.807) is 24.1 Å². The highest BCUT2D eigenvalue weighted by Gasteiger charge is 2.31. The molecule has 0 unspecified atom stereocenters. The monoisotopic (exact) mass is 1330 g/mol. The Labute approximate surface area is 555 Å². The Kier molecular flexibility index (Phi) is 49.1. The van der Waals surface area contributed by atoms with E-state index in [1.807, 2.05) is 13.8 Å². The van der Waals surface area contributed by atoms with Gasteiger partial charge in [0.15, 0.2) is 11.6 Å². The SMILES string of the molecule is C=C(CCCCCCCCCCCCCCCS(=O)(=O)O)N[C@@H](CCC(=O)NCCCOCCOCCOCCCCC(=O)CCC(=O)NCCCC[C@H](NCC(=O)CC(C)C)C(=O)CN(C)[C@@H](CCCCC(=N)N)C(=O)C[C@@H](Cc1ccc(O)cc1)C(N)=O)C(=O)O. The fourth-order valence-corrected chi connectivity index (χ4v) is 11.2. The molecule has 0 saturated heterocycles. The number of nitrogens with one attached hydrogen (secondary N) is 5. The van der Waals surface area contributed by atoms with Crippen LogP contribution in [0, 0.1) is 17.2 Å². The van der Waals surface area contributed by atoms with Crippen molar-refractivity contribution in [2.24, 2.45) is 23.3 Å². The van der Waals surface area contributed by atoms with Crippen molar-refractivity contribution in [3.63, 3.8) is 0 Å². The van der Waals surface area contributed by atoms with Gasteiger partial charge < -0.3 is 57.2 Å². The van der Waals surface area contributed by atoms with Gasteiger partial charge in [-0.3, -0.25) is 48.4 Å². The van der Waals surface area contributed by atoms with Crippen molar-refractivity contribution in [3.05, 3.63) is 42.1 Å². The first-order valence-corrected chi connectivity index (χ1v) is 35.8. The molecule has 1 rings (SSSR count). The van der Waals surface area contributed by atoms with Gasteiger partial charge in [0.2, 0.25) is 17.7 Å². The van der Waals surface area contributed by atoms with Gasteiger partial charge in [0, 0.05) is 82.9 Å².